The van der Waals surface area contributed by atoms with Gasteiger partial charge in [-0.25, -0.2) is 4.79 Å². The smallest absolute Gasteiger partial charge is 0.407 e. The average molecular weight is 357 g/mol. The summed E-state index contributed by atoms with van der Waals surface area (Å²) in [6.07, 6.45) is -0.610. The number of hydrogen-bond acceptors (Lipinski definition) is 2. The van der Waals surface area contributed by atoms with Crippen LogP contribution >= 0.6 is 39.1 Å². The number of ether oxygens (including phenoxy) is 1. The van der Waals surface area contributed by atoms with Gasteiger partial charge in [-0.15, -0.1) is 0 Å². The lowest BCUT2D eigenvalue weighted by Crippen LogP contribution is -2.32. The monoisotopic (exact) mass is 355 g/mol. The summed E-state index contributed by atoms with van der Waals surface area (Å²) in [6, 6.07) is -0.0516. The van der Waals surface area contributed by atoms with Crippen molar-refractivity contribution < 1.29 is 12.3 Å². The molecule has 0 aromatic heterocycles. The largest absolute Gasteiger partial charge is 0.444 e. The summed E-state index contributed by atoms with van der Waals surface area (Å²) in [5, 5.41) is 2.51. The number of carbonyl (C=O) groups is 1. The second-order valence-corrected chi connectivity index (χ2v) is 6.07. The van der Waals surface area contributed by atoms with Crippen LogP contribution in [-0.4, -0.2) is 11.7 Å². The number of benzene rings is 1. The lowest BCUT2D eigenvalue weighted by atomic mass is 10.2. The Hall–Kier alpha value is -0.450. The zero-order chi connectivity index (χ0) is 15.7. The Morgan fingerprint density at radius 3 is 2.56 bits per heavy atom. The van der Waals surface area contributed by atoms with E-state index in [1.165, 1.54) is 0 Å². The van der Waals surface area contributed by atoms with Crippen LogP contribution in [0.2, 0.25) is 10.0 Å². The summed E-state index contributed by atoms with van der Waals surface area (Å²) in [4.78, 5) is 11.6. The van der Waals surface area contributed by atoms with E-state index in [2.05, 4.69) is 21.2 Å². The molecule has 0 saturated heterocycles. The highest BCUT2D eigenvalue weighted by Crippen LogP contribution is 2.29. The molecule has 18 heavy (non-hydrogen) atoms. The fraction of sp³-hybridized carbons (Fsp3) is 0.417. The van der Waals surface area contributed by atoms with Crippen LogP contribution in [0.3, 0.4) is 0 Å². The van der Waals surface area contributed by atoms with E-state index in [1.54, 1.807) is 20.8 Å². The Labute approximate surface area is 128 Å². The number of nitrogens with one attached hydrogen (secondary N) is 1. The fourth-order valence-corrected chi connectivity index (χ4v) is 1.92. The van der Waals surface area contributed by atoms with Crippen molar-refractivity contribution in [1.29, 1.82) is 0 Å². The van der Waals surface area contributed by atoms with Crippen LogP contribution in [0.5, 0.6) is 0 Å². The van der Waals surface area contributed by atoms with Gasteiger partial charge in [0.15, 0.2) is 0 Å². The molecule has 0 aliphatic heterocycles. The van der Waals surface area contributed by atoms with Crippen LogP contribution in [0.25, 0.3) is 0 Å². The van der Waals surface area contributed by atoms with E-state index in [9.17, 15) is 4.79 Å². The fourth-order valence-electron chi connectivity index (χ4n) is 1.07. The predicted molar refractivity (Wildman–Crippen MR) is 77.2 cm³/mol. The molecule has 0 bridgehead atoms. The van der Waals surface area contributed by atoms with Gasteiger partial charge in [-0.05, 0) is 38.4 Å². The molecule has 0 fully saturated rings. The minimum atomic E-state index is -0.610. The quantitative estimate of drug-likeness (QED) is 0.774. The van der Waals surface area contributed by atoms with Crippen LogP contribution in [0, 0.1) is 0 Å². The lowest BCUT2D eigenvalue weighted by molar-refractivity contribution is 0.0523. The molecule has 3 nitrogen and oxygen atoms in total. The van der Waals surface area contributed by atoms with Crippen molar-refractivity contribution in [3.05, 3.63) is 32.2 Å². The van der Waals surface area contributed by atoms with E-state index in [0.717, 1.165) is 0 Å². The predicted octanol–water partition coefficient (Wildman–Crippen LogP) is 4.78. The third kappa shape index (κ3) is 5.04. The van der Waals surface area contributed by atoms with Gasteiger partial charge in [0.2, 0.25) is 0 Å². The van der Waals surface area contributed by atoms with Gasteiger partial charge >= 0.3 is 6.09 Å². The molecular weight excluding hydrogens is 341 g/mol. The van der Waals surface area contributed by atoms with Crippen LogP contribution in [-0.2, 0) is 11.3 Å². The summed E-state index contributed by atoms with van der Waals surface area (Å²) in [5.74, 6) is 0. The molecule has 1 N–H and O–H groups in total. The van der Waals surface area contributed by atoms with Crippen LogP contribution in [0.1, 0.15) is 29.1 Å². The first-order valence-electron chi connectivity index (χ1n) is 6.14. The molecular formula is C12H14BrCl2NO2. The molecule has 1 rings (SSSR count). The van der Waals surface area contributed by atoms with E-state index in [4.69, 9.17) is 30.7 Å². The highest BCUT2D eigenvalue weighted by molar-refractivity contribution is 9.10. The van der Waals surface area contributed by atoms with Gasteiger partial charge in [-0.2, -0.15) is 0 Å². The molecule has 1 amide bonds. The number of halogens is 3. The molecule has 100 valence electrons. The molecule has 0 aliphatic carbocycles. The van der Waals surface area contributed by atoms with Gasteiger partial charge in [-0.1, -0.05) is 39.1 Å². The summed E-state index contributed by atoms with van der Waals surface area (Å²) in [7, 11) is 0. The highest BCUT2D eigenvalue weighted by Gasteiger charge is 2.16. The van der Waals surface area contributed by atoms with Gasteiger partial charge in [0.1, 0.15) is 5.60 Å². The average Bonchev–Trinajstić information content (AvgIpc) is 2.32. The van der Waals surface area contributed by atoms with Crippen LogP contribution in [0.15, 0.2) is 16.6 Å². The Balaban J connectivity index is 2.92. The molecule has 0 unspecified atom stereocenters. The number of rotatable bonds is 2. The lowest BCUT2D eigenvalue weighted by Gasteiger charge is -2.19. The van der Waals surface area contributed by atoms with Crippen molar-refractivity contribution in [2.75, 3.05) is 0 Å². The maximum atomic E-state index is 11.6. The summed E-state index contributed by atoms with van der Waals surface area (Å²) < 4.78 is 21.1. The van der Waals surface area contributed by atoms with Gasteiger partial charge in [0, 0.05) is 11.0 Å². The highest BCUT2D eigenvalue weighted by atomic mass is 79.9. The molecule has 6 heteroatoms. The minimum absolute atomic E-state index is 0.00422. The van der Waals surface area contributed by atoms with Gasteiger partial charge in [0.05, 0.1) is 12.8 Å². The van der Waals surface area contributed by atoms with Gasteiger partial charge in [0.25, 0.3) is 0 Å². The van der Waals surface area contributed by atoms with Crippen LogP contribution in [0.4, 0.5) is 4.79 Å². The first-order valence-corrected chi connectivity index (χ1v) is 6.69. The maximum Gasteiger partial charge on any atom is 0.407 e. The summed E-state index contributed by atoms with van der Waals surface area (Å²) >= 11 is 14.9. The normalized spacial score (nSPS) is 12.8. The molecule has 1 aromatic rings. The summed E-state index contributed by atoms with van der Waals surface area (Å²) in [5.41, 5.74) is -0.237. The van der Waals surface area contributed by atoms with Gasteiger partial charge in [-0.3, -0.25) is 0 Å². The first kappa shape index (κ1) is 12.6. The Morgan fingerprint density at radius 2 is 2.00 bits per heavy atom. The molecule has 0 saturated carbocycles. The third-order valence-corrected chi connectivity index (χ3v) is 3.09. The zero-order valence-electron chi connectivity index (χ0n) is 12.2. The van der Waals surface area contributed by atoms with Gasteiger partial charge < -0.3 is 10.1 Å². The molecule has 0 aliphatic rings. The molecule has 0 heterocycles. The van der Waals surface area contributed by atoms with E-state index in [1.807, 2.05) is 0 Å². The van der Waals surface area contributed by atoms with Crippen molar-refractivity contribution in [1.82, 2.24) is 5.32 Å². The molecule has 0 radical (unpaired) electrons. The molecule has 1 aromatic carbocycles. The summed E-state index contributed by atoms with van der Waals surface area (Å²) in [6.45, 7) is 5.26. The van der Waals surface area contributed by atoms with E-state index < -0.39 is 11.7 Å². The molecule has 0 spiro atoms. The van der Waals surface area contributed by atoms with Crippen molar-refractivity contribution >= 4 is 45.2 Å². The van der Waals surface area contributed by atoms with E-state index >= 15 is 0 Å². The van der Waals surface area contributed by atoms with Crippen LogP contribution < -0.4 is 5.32 Å². The van der Waals surface area contributed by atoms with E-state index in [0.29, 0.717) is 10.0 Å². The van der Waals surface area contributed by atoms with Crippen molar-refractivity contribution in [3.63, 3.8) is 0 Å². The number of alkyl carbamates (subject to hydrolysis) is 1. The second kappa shape index (κ2) is 6.13. The molecule has 0 atom stereocenters. The van der Waals surface area contributed by atoms with Crippen molar-refractivity contribution in [2.45, 2.75) is 32.9 Å². The second-order valence-electron chi connectivity index (χ2n) is 4.53. The maximum absolute atomic E-state index is 11.6. The standard InChI is InChI=1S/C12H14BrCl2NO2/c1-12(2,3)18-11(17)16-6-7-4-9(14)10(15)5-8(7)13/h4-5H,6H2,1-3H3,(H,16,17)/i4D,5D. The Morgan fingerprint density at radius 1 is 1.44 bits per heavy atom. The minimum Gasteiger partial charge on any atom is -0.444 e. The topological polar surface area (TPSA) is 38.3 Å². The SMILES string of the molecule is [2H]c1c(Cl)c(Cl)c([2H])c(CNC(=O)OC(C)(C)C)c1Br. The van der Waals surface area contributed by atoms with E-state index in [-0.39, 0.29) is 28.7 Å². The number of amides is 1. The first-order chi connectivity index (χ1) is 9.04. The zero-order valence-corrected chi connectivity index (χ0v) is 13.3. The Bertz CT molecular complexity index is 518. The third-order valence-electron chi connectivity index (χ3n) is 1.75. The Kier molecular flexibility index (Phi) is 4.28. The van der Waals surface area contributed by atoms with Crippen molar-refractivity contribution in [2.24, 2.45) is 0 Å². The number of carbonyl (C=O) groups excluding carboxylic acids is 1. The number of hydrogen-bond donors (Lipinski definition) is 1. The van der Waals surface area contributed by atoms with Crippen molar-refractivity contribution in [3.8, 4) is 0 Å².